The van der Waals surface area contributed by atoms with Crippen LogP contribution in [0.2, 0.25) is 0 Å². The van der Waals surface area contributed by atoms with Crippen LogP contribution in [0.15, 0.2) is 41.8 Å². The summed E-state index contributed by atoms with van der Waals surface area (Å²) >= 11 is 1.35. The number of aryl methyl sites for hydroxylation is 2. The molecule has 1 aliphatic heterocycles. The molecule has 4 aromatic rings. The number of nitrogens with zero attached hydrogens (tertiary/aromatic N) is 5. The Hall–Kier alpha value is -4.45. The van der Waals surface area contributed by atoms with Gasteiger partial charge in [-0.3, -0.25) is 34.7 Å². The third kappa shape index (κ3) is 3.40. The molecule has 11 nitrogen and oxygen atoms in total. The second-order valence-corrected chi connectivity index (χ2v) is 8.61. The molecule has 0 fully saturated rings. The Kier molecular flexibility index (Phi) is 4.94. The van der Waals surface area contributed by atoms with Crippen molar-refractivity contribution in [2.45, 2.75) is 13.8 Å². The molecule has 34 heavy (non-hydrogen) atoms. The van der Waals surface area contributed by atoms with E-state index in [1.165, 1.54) is 23.5 Å². The van der Waals surface area contributed by atoms with Crippen molar-refractivity contribution in [3.05, 3.63) is 74.1 Å². The summed E-state index contributed by atoms with van der Waals surface area (Å²) < 4.78 is 1.61. The van der Waals surface area contributed by atoms with Crippen molar-refractivity contribution in [1.29, 1.82) is 0 Å². The normalized spacial score (nSPS) is 12.9. The minimum absolute atomic E-state index is 0.0189. The molecule has 0 radical (unpaired) electrons. The van der Waals surface area contributed by atoms with Gasteiger partial charge in [0.1, 0.15) is 12.1 Å². The number of anilines is 1. The summed E-state index contributed by atoms with van der Waals surface area (Å²) in [6, 6.07) is 9.83. The van der Waals surface area contributed by atoms with Crippen molar-refractivity contribution in [2.24, 2.45) is 0 Å². The predicted molar refractivity (Wildman–Crippen MR) is 123 cm³/mol. The number of aromatic nitrogens is 3. The van der Waals surface area contributed by atoms with Gasteiger partial charge in [-0.15, -0.1) is 16.4 Å². The lowest BCUT2D eigenvalue weighted by molar-refractivity contribution is -0.385. The number of hydrogen-bond donors (Lipinski definition) is 1. The lowest BCUT2D eigenvalue weighted by Crippen LogP contribution is -2.37. The SMILES string of the molecule is Cc1ccc(-c2csc3nc(NC(=O)CN4C(=O)c5cccc([N+](=O)[O-])c5C4=O)nn23)c(C)c1. The van der Waals surface area contributed by atoms with Crippen LogP contribution in [0.3, 0.4) is 0 Å². The first-order valence-electron chi connectivity index (χ1n) is 10.1. The van der Waals surface area contributed by atoms with Crippen molar-refractivity contribution in [3.8, 4) is 11.3 Å². The highest BCUT2D eigenvalue weighted by molar-refractivity contribution is 7.15. The average molecular weight is 476 g/mol. The van der Waals surface area contributed by atoms with E-state index < -0.39 is 34.9 Å². The van der Waals surface area contributed by atoms with Crippen LogP contribution in [0, 0.1) is 24.0 Å². The van der Waals surface area contributed by atoms with Crippen LogP contribution in [0.25, 0.3) is 16.2 Å². The van der Waals surface area contributed by atoms with E-state index in [-0.39, 0.29) is 17.1 Å². The van der Waals surface area contributed by atoms with Gasteiger partial charge in [0.2, 0.25) is 10.9 Å². The van der Waals surface area contributed by atoms with Gasteiger partial charge in [0, 0.05) is 17.0 Å². The van der Waals surface area contributed by atoms with Crippen molar-refractivity contribution in [1.82, 2.24) is 19.5 Å². The van der Waals surface area contributed by atoms with Gasteiger partial charge in [-0.2, -0.15) is 4.98 Å². The van der Waals surface area contributed by atoms with Crippen molar-refractivity contribution in [3.63, 3.8) is 0 Å². The Bertz CT molecular complexity index is 1540. The van der Waals surface area contributed by atoms with Gasteiger partial charge in [0.05, 0.1) is 16.2 Å². The lowest BCUT2D eigenvalue weighted by Gasteiger charge is -2.12. The highest BCUT2D eigenvalue weighted by Gasteiger charge is 2.41. The van der Waals surface area contributed by atoms with Crippen molar-refractivity contribution < 1.29 is 19.3 Å². The molecule has 0 unspecified atom stereocenters. The van der Waals surface area contributed by atoms with Gasteiger partial charge in [0.15, 0.2) is 0 Å². The quantitative estimate of drug-likeness (QED) is 0.265. The van der Waals surface area contributed by atoms with E-state index in [0.29, 0.717) is 9.86 Å². The molecule has 0 saturated carbocycles. The molecule has 2 aromatic heterocycles. The summed E-state index contributed by atoms with van der Waals surface area (Å²) in [5, 5.41) is 20.0. The molecule has 0 atom stereocenters. The fourth-order valence-corrected chi connectivity index (χ4v) is 4.76. The molecule has 1 aliphatic rings. The molecule has 0 saturated heterocycles. The average Bonchev–Trinajstić information content (AvgIpc) is 3.42. The van der Waals surface area contributed by atoms with E-state index in [1.807, 2.05) is 31.4 Å². The van der Waals surface area contributed by atoms with E-state index in [1.54, 1.807) is 4.52 Å². The van der Waals surface area contributed by atoms with Gasteiger partial charge in [0.25, 0.3) is 23.5 Å². The first kappa shape index (κ1) is 21.4. The van der Waals surface area contributed by atoms with E-state index >= 15 is 0 Å². The summed E-state index contributed by atoms with van der Waals surface area (Å²) in [6.07, 6.45) is 0. The fourth-order valence-electron chi connectivity index (χ4n) is 3.94. The van der Waals surface area contributed by atoms with Crippen LogP contribution in [-0.2, 0) is 4.79 Å². The zero-order chi connectivity index (χ0) is 24.1. The number of carbonyl (C=O) groups is 3. The monoisotopic (exact) mass is 476 g/mol. The maximum Gasteiger partial charge on any atom is 0.282 e. The molecule has 0 bridgehead atoms. The van der Waals surface area contributed by atoms with Crippen LogP contribution in [0.4, 0.5) is 11.6 Å². The largest absolute Gasteiger partial charge is 0.292 e. The molecule has 0 spiro atoms. The number of imide groups is 1. The highest BCUT2D eigenvalue weighted by atomic mass is 32.1. The molecule has 170 valence electrons. The molecule has 3 heterocycles. The Labute approximate surface area is 195 Å². The molecule has 2 aromatic carbocycles. The smallest absolute Gasteiger partial charge is 0.282 e. The van der Waals surface area contributed by atoms with E-state index in [4.69, 9.17) is 0 Å². The summed E-state index contributed by atoms with van der Waals surface area (Å²) in [5.74, 6) is -2.35. The third-order valence-electron chi connectivity index (χ3n) is 5.47. The predicted octanol–water partition coefficient (Wildman–Crippen LogP) is 3.22. The number of rotatable bonds is 5. The maximum absolute atomic E-state index is 12.7. The molecule has 0 aliphatic carbocycles. The Balaban J connectivity index is 1.36. The van der Waals surface area contributed by atoms with Crippen LogP contribution in [-0.4, -0.2) is 48.7 Å². The zero-order valence-corrected chi connectivity index (χ0v) is 18.8. The molecule has 3 amide bonds. The third-order valence-corrected chi connectivity index (χ3v) is 6.28. The number of benzene rings is 2. The number of nitrogens with one attached hydrogen (secondary N) is 1. The second-order valence-electron chi connectivity index (χ2n) is 7.77. The minimum atomic E-state index is -0.890. The number of hydrogen-bond acceptors (Lipinski definition) is 8. The summed E-state index contributed by atoms with van der Waals surface area (Å²) in [5.41, 5.74) is 3.10. The topological polar surface area (TPSA) is 140 Å². The van der Waals surface area contributed by atoms with Crippen LogP contribution < -0.4 is 5.32 Å². The first-order chi connectivity index (χ1) is 16.2. The summed E-state index contributed by atoms with van der Waals surface area (Å²) in [7, 11) is 0. The summed E-state index contributed by atoms with van der Waals surface area (Å²) in [6.45, 7) is 3.38. The maximum atomic E-state index is 12.7. The zero-order valence-electron chi connectivity index (χ0n) is 17.9. The Morgan fingerprint density at radius 3 is 2.68 bits per heavy atom. The number of thiazole rings is 1. The number of nitro groups is 1. The second kappa shape index (κ2) is 7.85. The molecule has 12 heteroatoms. The lowest BCUT2D eigenvalue weighted by atomic mass is 10.0. The number of nitro benzene ring substituents is 1. The van der Waals surface area contributed by atoms with Crippen LogP contribution >= 0.6 is 11.3 Å². The van der Waals surface area contributed by atoms with E-state index in [0.717, 1.165) is 28.5 Å². The van der Waals surface area contributed by atoms with Gasteiger partial charge < -0.3 is 0 Å². The number of carbonyl (C=O) groups excluding carboxylic acids is 3. The number of amides is 3. The molecule has 1 N–H and O–H groups in total. The Morgan fingerprint density at radius 1 is 1.15 bits per heavy atom. The first-order valence-corrected chi connectivity index (χ1v) is 11.0. The van der Waals surface area contributed by atoms with E-state index in [9.17, 15) is 24.5 Å². The van der Waals surface area contributed by atoms with Crippen molar-refractivity contribution in [2.75, 3.05) is 11.9 Å². The van der Waals surface area contributed by atoms with Crippen molar-refractivity contribution >= 4 is 45.7 Å². The summed E-state index contributed by atoms with van der Waals surface area (Å²) in [4.78, 5) is 53.9. The van der Waals surface area contributed by atoms with Gasteiger partial charge in [-0.1, -0.05) is 29.8 Å². The van der Waals surface area contributed by atoms with Crippen LogP contribution in [0.5, 0.6) is 0 Å². The highest BCUT2D eigenvalue weighted by Crippen LogP contribution is 2.31. The standard InChI is InChI=1S/C22H16N6O5S/c1-11-6-7-13(12(2)8-11)16-10-34-22-24-21(25-27(16)22)23-17(29)9-26-19(30)14-4-3-5-15(28(32)33)18(14)20(26)31/h3-8,10H,9H2,1-2H3,(H,23,25,29). The van der Waals surface area contributed by atoms with Gasteiger partial charge in [-0.25, -0.2) is 4.52 Å². The van der Waals surface area contributed by atoms with Crippen LogP contribution in [0.1, 0.15) is 31.8 Å². The van der Waals surface area contributed by atoms with Gasteiger partial charge >= 0.3 is 0 Å². The fraction of sp³-hybridized carbons (Fsp3) is 0.136. The van der Waals surface area contributed by atoms with Gasteiger partial charge in [-0.05, 0) is 25.5 Å². The number of fused-ring (bicyclic) bond motifs is 2. The Morgan fingerprint density at radius 2 is 1.94 bits per heavy atom. The molecule has 5 rings (SSSR count). The van der Waals surface area contributed by atoms with E-state index in [2.05, 4.69) is 21.5 Å². The molecular weight excluding hydrogens is 460 g/mol. The minimum Gasteiger partial charge on any atom is -0.292 e. The molecular formula is C22H16N6O5S.